The van der Waals surface area contributed by atoms with Crippen molar-refractivity contribution < 1.29 is 28.3 Å². The molecule has 0 aliphatic carbocycles. The molecule has 4 aromatic rings. The van der Waals surface area contributed by atoms with Crippen LogP contribution in [0.15, 0.2) is 77.3 Å². The number of ether oxygens (including phenoxy) is 3. The first-order valence-corrected chi connectivity index (χ1v) is 11.9. The standard InChI is InChI=1S/C28H25ClN2O6/c1-18-26(30-28(33)35-15-14-20-7-3-4-9-24(20)29)27(37-31-18)21-10-12-22(13-11-21)36-23-8-5-6-19(16-23)17-25(32)34-2/h3-13,16H,14-15,17H2,1-2H3,(H,30,33). The summed E-state index contributed by atoms with van der Waals surface area (Å²) in [5.41, 5.74) is 3.32. The van der Waals surface area contributed by atoms with Crippen LogP contribution in [0.4, 0.5) is 10.5 Å². The van der Waals surface area contributed by atoms with Crippen molar-refractivity contribution in [2.45, 2.75) is 19.8 Å². The molecule has 1 N–H and O–H groups in total. The van der Waals surface area contributed by atoms with Gasteiger partial charge in [0.25, 0.3) is 0 Å². The van der Waals surface area contributed by atoms with Crippen molar-refractivity contribution in [1.82, 2.24) is 5.16 Å². The largest absolute Gasteiger partial charge is 0.469 e. The SMILES string of the molecule is COC(=O)Cc1cccc(Oc2ccc(-c3onc(C)c3NC(=O)OCCc3ccccc3Cl)cc2)c1. The molecule has 9 heteroatoms. The monoisotopic (exact) mass is 520 g/mol. The van der Waals surface area contributed by atoms with Gasteiger partial charge in [-0.1, -0.05) is 47.1 Å². The van der Waals surface area contributed by atoms with E-state index >= 15 is 0 Å². The molecule has 1 heterocycles. The minimum Gasteiger partial charge on any atom is -0.469 e. The Morgan fingerprint density at radius 1 is 1.00 bits per heavy atom. The van der Waals surface area contributed by atoms with E-state index in [0.717, 1.165) is 11.1 Å². The first-order chi connectivity index (χ1) is 17.9. The van der Waals surface area contributed by atoms with Gasteiger partial charge in [-0.15, -0.1) is 0 Å². The summed E-state index contributed by atoms with van der Waals surface area (Å²) >= 11 is 6.15. The number of anilines is 1. The van der Waals surface area contributed by atoms with Crippen molar-refractivity contribution in [3.8, 4) is 22.8 Å². The maximum Gasteiger partial charge on any atom is 0.411 e. The van der Waals surface area contributed by atoms with Crippen LogP contribution in [0.1, 0.15) is 16.8 Å². The fraction of sp³-hybridized carbons (Fsp3) is 0.179. The molecule has 0 saturated heterocycles. The van der Waals surface area contributed by atoms with E-state index in [1.165, 1.54) is 7.11 Å². The lowest BCUT2D eigenvalue weighted by molar-refractivity contribution is -0.139. The smallest absolute Gasteiger partial charge is 0.411 e. The zero-order valence-electron chi connectivity index (χ0n) is 20.3. The first kappa shape index (κ1) is 25.8. The molecule has 0 radical (unpaired) electrons. The van der Waals surface area contributed by atoms with Crippen LogP contribution in [-0.2, 0) is 27.1 Å². The van der Waals surface area contributed by atoms with Crippen molar-refractivity contribution in [1.29, 1.82) is 0 Å². The summed E-state index contributed by atoms with van der Waals surface area (Å²) in [6.07, 6.45) is 0.0390. The van der Waals surface area contributed by atoms with Crippen LogP contribution in [0.25, 0.3) is 11.3 Å². The molecule has 0 bridgehead atoms. The molecule has 37 heavy (non-hydrogen) atoms. The number of hydrogen-bond acceptors (Lipinski definition) is 7. The number of benzene rings is 3. The van der Waals surface area contributed by atoms with Gasteiger partial charge in [-0.3, -0.25) is 10.1 Å². The number of rotatable bonds is 9. The van der Waals surface area contributed by atoms with E-state index in [2.05, 4.69) is 10.5 Å². The highest BCUT2D eigenvalue weighted by atomic mass is 35.5. The number of methoxy groups -OCH3 is 1. The summed E-state index contributed by atoms with van der Waals surface area (Å²) in [5.74, 6) is 1.25. The summed E-state index contributed by atoms with van der Waals surface area (Å²) in [6, 6.07) is 21.8. The van der Waals surface area contributed by atoms with Crippen LogP contribution in [0.2, 0.25) is 5.02 Å². The highest BCUT2D eigenvalue weighted by Crippen LogP contribution is 2.33. The Labute approximate surface area is 219 Å². The zero-order valence-corrected chi connectivity index (χ0v) is 21.1. The second-order valence-electron chi connectivity index (χ2n) is 8.10. The second-order valence-corrected chi connectivity index (χ2v) is 8.51. The molecular formula is C28H25ClN2O6. The predicted octanol–water partition coefficient (Wildman–Crippen LogP) is 6.60. The topological polar surface area (TPSA) is 99.9 Å². The molecule has 0 atom stereocenters. The molecule has 0 saturated carbocycles. The predicted molar refractivity (Wildman–Crippen MR) is 139 cm³/mol. The maximum absolute atomic E-state index is 12.4. The lowest BCUT2D eigenvalue weighted by Gasteiger charge is -2.09. The van der Waals surface area contributed by atoms with Crippen molar-refractivity contribution >= 4 is 29.4 Å². The van der Waals surface area contributed by atoms with Crippen LogP contribution >= 0.6 is 11.6 Å². The van der Waals surface area contributed by atoms with Gasteiger partial charge in [0.2, 0.25) is 0 Å². The highest BCUT2D eigenvalue weighted by molar-refractivity contribution is 6.31. The van der Waals surface area contributed by atoms with Gasteiger partial charge in [0.1, 0.15) is 22.9 Å². The quantitative estimate of drug-likeness (QED) is 0.248. The van der Waals surface area contributed by atoms with Crippen molar-refractivity contribution in [2.24, 2.45) is 0 Å². The van der Waals surface area contributed by atoms with Gasteiger partial charge < -0.3 is 18.7 Å². The third-order valence-corrected chi connectivity index (χ3v) is 5.85. The number of esters is 1. The van der Waals surface area contributed by atoms with E-state index in [1.807, 2.05) is 30.3 Å². The molecule has 0 aliphatic rings. The Bertz CT molecular complexity index is 1380. The normalized spacial score (nSPS) is 10.6. The number of hydrogen-bond donors (Lipinski definition) is 1. The third-order valence-electron chi connectivity index (χ3n) is 5.48. The Hall–Kier alpha value is -4.30. The first-order valence-electron chi connectivity index (χ1n) is 11.5. The third kappa shape index (κ3) is 6.89. The molecule has 1 aromatic heterocycles. The van der Waals surface area contributed by atoms with Gasteiger partial charge in [0.15, 0.2) is 5.76 Å². The Morgan fingerprint density at radius 2 is 1.78 bits per heavy atom. The van der Waals surface area contributed by atoms with E-state index in [-0.39, 0.29) is 19.0 Å². The number of carbonyl (C=O) groups is 2. The van der Waals surface area contributed by atoms with E-state index in [4.69, 9.17) is 30.3 Å². The van der Waals surface area contributed by atoms with Gasteiger partial charge in [-0.05, 0) is 60.5 Å². The molecule has 4 rings (SSSR count). The number of nitrogens with zero attached hydrogens (tertiary/aromatic N) is 1. The van der Waals surface area contributed by atoms with Crippen LogP contribution in [0.5, 0.6) is 11.5 Å². The molecule has 8 nitrogen and oxygen atoms in total. The van der Waals surface area contributed by atoms with E-state index in [9.17, 15) is 9.59 Å². The average Bonchev–Trinajstić information content (AvgIpc) is 3.25. The van der Waals surface area contributed by atoms with Crippen molar-refractivity contribution in [3.05, 3.63) is 94.6 Å². The number of amides is 1. The van der Waals surface area contributed by atoms with Gasteiger partial charge in [-0.2, -0.15) is 0 Å². The van der Waals surface area contributed by atoms with Gasteiger partial charge in [0.05, 0.1) is 20.1 Å². The fourth-order valence-corrected chi connectivity index (χ4v) is 3.81. The van der Waals surface area contributed by atoms with Crippen LogP contribution < -0.4 is 10.1 Å². The molecule has 1 amide bonds. The maximum atomic E-state index is 12.4. The molecule has 0 unspecified atom stereocenters. The molecule has 0 spiro atoms. The lowest BCUT2D eigenvalue weighted by Crippen LogP contribution is -2.16. The highest BCUT2D eigenvalue weighted by Gasteiger charge is 2.18. The van der Waals surface area contributed by atoms with E-state index in [1.54, 1.807) is 49.4 Å². The minimum absolute atomic E-state index is 0.162. The summed E-state index contributed by atoms with van der Waals surface area (Å²) in [5, 5.41) is 7.33. The minimum atomic E-state index is -0.619. The second kappa shape index (κ2) is 12.1. The van der Waals surface area contributed by atoms with Gasteiger partial charge in [0, 0.05) is 17.0 Å². The molecular weight excluding hydrogens is 496 g/mol. The zero-order chi connectivity index (χ0) is 26.2. The molecule has 0 aliphatic heterocycles. The van der Waals surface area contributed by atoms with Gasteiger partial charge in [-0.25, -0.2) is 4.79 Å². The molecule has 3 aromatic carbocycles. The Morgan fingerprint density at radius 3 is 2.54 bits per heavy atom. The Kier molecular flexibility index (Phi) is 8.43. The molecule has 0 fully saturated rings. The van der Waals surface area contributed by atoms with Crippen LogP contribution in [-0.4, -0.2) is 30.9 Å². The molecule has 190 valence electrons. The van der Waals surface area contributed by atoms with Crippen molar-refractivity contribution in [2.75, 3.05) is 19.0 Å². The van der Waals surface area contributed by atoms with Crippen LogP contribution in [0, 0.1) is 6.92 Å². The summed E-state index contributed by atoms with van der Waals surface area (Å²) < 4.78 is 21.4. The number of carbonyl (C=O) groups excluding carboxylic acids is 2. The summed E-state index contributed by atoms with van der Waals surface area (Å²) in [6.45, 7) is 1.90. The number of halogens is 1. The lowest BCUT2D eigenvalue weighted by atomic mass is 10.1. The van der Waals surface area contributed by atoms with E-state index < -0.39 is 6.09 Å². The van der Waals surface area contributed by atoms with Crippen molar-refractivity contribution in [3.63, 3.8) is 0 Å². The average molecular weight is 521 g/mol. The number of nitrogens with one attached hydrogen (secondary N) is 1. The number of aromatic nitrogens is 1. The fourth-order valence-electron chi connectivity index (χ4n) is 3.58. The van der Waals surface area contributed by atoms with Gasteiger partial charge >= 0.3 is 12.1 Å². The number of aryl methyl sites for hydroxylation is 1. The summed E-state index contributed by atoms with van der Waals surface area (Å²) in [4.78, 5) is 23.9. The summed E-state index contributed by atoms with van der Waals surface area (Å²) in [7, 11) is 1.35. The van der Waals surface area contributed by atoms with E-state index in [0.29, 0.717) is 45.6 Å². The van der Waals surface area contributed by atoms with Crippen LogP contribution in [0.3, 0.4) is 0 Å². The Balaban J connectivity index is 1.38.